The van der Waals surface area contributed by atoms with E-state index in [-0.39, 0.29) is 5.91 Å². The minimum atomic E-state index is -0.129. The third-order valence-electron chi connectivity index (χ3n) is 5.09. The van der Waals surface area contributed by atoms with Gasteiger partial charge in [-0.1, -0.05) is 13.3 Å². The minimum Gasteiger partial charge on any atom is -0.372 e. The standard InChI is InChI=1S/C22H30N4O/c1-3-4-14-25(2)21-13-8-18(17-23-21)22(27)24-19-9-11-20(12-10-19)26-15-6-5-7-16-26/h8-13,17H,3-7,14-16H2,1-2H3,(H,24,27). The number of amides is 1. The first-order valence-electron chi connectivity index (χ1n) is 10.0. The van der Waals surface area contributed by atoms with Crippen molar-refractivity contribution in [2.75, 3.05) is 41.8 Å². The normalized spacial score (nSPS) is 14.1. The van der Waals surface area contributed by atoms with Crippen LogP contribution in [0.1, 0.15) is 49.4 Å². The highest BCUT2D eigenvalue weighted by Gasteiger charge is 2.12. The van der Waals surface area contributed by atoms with Crippen molar-refractivity contribution in [3.63, 3.8) is 0 Å². The Kier molecular flexibility index (Phi) is 6.69. The topological polar surface area (TPSA) is 48.5 Å². The molecule has 2 heterocycles. The van der Waals surface area contributed by atoms with E-state index in [0.717, 1.165) is 44.0 Å². The summed E-state index contributed by atoms with van der Waals surface area (Å²) in [5, 5.41) is 2.96. The number of unbranched alkanes of at least 4 members (excludes halogenated alkanes) is 1. The van der Waals surface area contributed by atoms with Gasteiger partial charge < -0.3 is 15.1 Å². The largest absolute Gasteiger partial charge is 0.372 e. The monoisotopic (exact) mass is 366 g/mol. The van der Waals surface area contributed by atoms with E-state index in [1.165, 1.54) is 24.9 Å². The fourth-order valence-corrected chi connectivity index (χ4v) is 3.37. The van der Waals surface area contributed by atoms with Crippen LogP contribution in [-0.2, 0) is 0 Å². The smallest absolute Gasteiger partial charge is 0.257 e. The summed E-state index contributed by atoms with van der Waals surface area (Å²) in [5.74, 6) is 0.766. The molecule has 0 radical (unpaired) electrons. The second kappa shape index (κ2) is 9.40. The van der Waals surface area contributed by atoms with Crippen molar-refractivity contribution in [3.8, 4) is 0 Å². The van der Waals surface area contributed by atoms with Crippen LogP contribution in [0.5, 0.6) is 0 Å². The zero-order valence-electron chi connectivity index (χ0n) is 16.4. The van der Waals surface area contributed by atoms with E-state index < -0.39 is 0 Å². The zero-order chi connectivity index (χ0) is 19.1. The molecule has 1 saturated heterocycles. The molecule has 1 aliphatic heterocycles. The molecule has 1 N–H and O–H groups in total. The lowest BCUT2D eigenvalue weighted by Gasteiger charge is -2.28. The molecule has 1 aromatic heterocycles. The number of carbonyl (C=O) groups excluding carboxylic acids is 1. The second-order valence-corrected chi connectivity index (χ2v) is 7.23. The van der Waals surface area contributed by atoms with E-state index in [0.29, 0.717) is 5.56 Å². The number of anilines is 3. The number of nitrogens with one attached hydrogen (secondary N) is 1. The lowest BCUT2D eigenvalue weighted by Crippen LogP contribution is -2.29. The van der Waals surface area contributed by atoms with Gasteiger partial charge in [-0.25, -0.2) is 4.98 Å². The van der Waals surface area contributed by atoms with E-state index >= 15 is 0 Å². The Balaban J connectivity index is 1.58. The third kappa shape index (κ3) is 5.22. The number of pyridine rings is 1. The average Bonchev–Trinajstić information content (AvgIpc) is 2.73. The van der Waals surface area contributed by atoms with Crippen LogP contribution in [0.2, 0.25) is 0 Å². The molecule has 5 nitrogen and oxygen atoms in total. The van der Waals surface area contributed by atoms with Crippen LogP contribution in [-0.4, -0.2) is 37.6 Å². The van der Waals surface area contributed by atoms with Gasteiger partial charge in [-0.15, -0.1) is 0 Å². The van der Waals surface area contributed by atoms with Crippen LogP contribution in [0, 0.1) is 0 Å². The summed E-state index contributed by atoms with van der Waals surface area (Å²) in [4.78, 5) is 21.4. The van der Waals surface area contributed by atoms with Crippen molar-refractivity contribution in [2.45, 2.75) is 39.0 Å². The van der Waals surface area contributed by atoms with E-state index in [2.05, 4.69) is 39.2 Å². The van der Waals surface area contributed by atoms with Gasteiger partial charge >= 0.3 is 0 Å². The lowest BCUT2D eigenvalue weighted by molar-refractivity contribution is 0.102. The molecule has 1 fully saturated rings. The maximum absolute atomic E-state index is 12.5. The summed E-state index contributed by atoms with van der Waals surface area (Å²) >= 11 is 0. The summed E-state index contributed by atoms with van der Waals surface area (Å²) in [6, 6.07) is 11.9. The van der Waals surface area contributed by atoms with Crippen molar-refractivity contribution in [1.29, 1.82) is 0 Å². The van der Waals surface area contributed by atoms with Crippen LogP contribution in [0.4, 0.5) is 17.2 Å². The molecular weight excluding hydrogens is 336 g/mol. The summed E-state index contributed by atoms with van der Waals surface area (Å²) in [6.45, 7) is 5.39. The van der Waals surface area contributed by atoms with Crippen LogP contribution < -0.4 is 15.1 Å². The van der Waals surface area contributed by atoms with Crippen molar-refractivity contribution in [2.24, 2.45) is 0 Å². The Morgan fingerprint density at radius 1 is 1.11 bits per heavy atom. The molecule has 3 rings (SSSR count). The predicted molar refractivity (Wildman–Crippen MR) is 113 cm³/mol. The first kappa shape index (κ1) is 19.2. The summed E-state index contributed by atoms with van der Waals surface area (Å²) in [5.41, 5.74) is 2.61. The molecule has 0 spiro atoms. The van der Waals surface area contributed by atoms with E-state index in [4.69, 9.17) is 0 Å². The highest BCUT2D eigenvalue weighted by Crippen LogP contribution is 2.22. The molecule has 2 aromatic rings. The summed E-state index contributed by atoms with van der Waals surface area (Å²) < 4.78 is 0. The first-order chi connectivity index (χ1) is 13.2. The predicted octanol–water partition coefficient (Wildman–Crippen LogP) is 4.56. The van der Waals surface area contributed by atoms with Gasteiger partial charge in [0.05, 0.1) is 5.56 Å². The number of hydrogen-bond acceptors (Lipinski definition) is 4. The van der Waals surface area contributed by atoms with Gasteiger partial charge in [-0.05, 0) is 62.1 Å². The third-order valence-corrected chi connectivity index (χ3v) is 5.09. The van der Waals surface area contributed by atoms with E-state index in [9.17, 15) is 4.79 Å². The van der Waals surface area contributed by atoms with Crippen LogP contribution in [0.25, 0.3) is 0 Å². The number of carbonyl (C=O) groups is 1. The van der Waals surface area contributed by atoms with Gasteiger partial charge in [0.1, 0.15) is 5.82 Å². The highest BCUT2D eigenvalue weighted by molar-refractivity contribution is 6.04. The second-order valence-electron chi connectivity index (χ2n) is 7.23. The average molecular weight is 367 g/mol. The lowest BCUT2D eigenvalue weighted by atomic mass is 10.1. The molecule has 5 heteroatoms. The molecule has 0 atom stereocenters. The molecule has 27 heavy (non-hydrogen) atoms. The first-order valence-corrected chi connectivity index (χ1v) is 10.0. The van der Waals surface area contributed by atoms with Crippen LogP contribution in [0.3, 0.4) is 0 Å². The van der Waals surface area contributed by atoms with Gasteiger partial charge in [-0.2, -0.15) is 0 Å². The van der Waals surface area contributed by atoms with Gasteiger partial charge in [-0.3, -0.25) is 4.79 Å². The molecule has 0 bridgehead atoms. The fourth-order valence-electron chi connectivity index (χ4n) is 3.37. The molecule has 0 aliphatic carbocycles. The number of benzene rings is 1. The molecule has 1 aliphatic rings. The van der Waals surface area contributed by atoms with Crippen molar-refractivity contribution < 1.29 is 4.79 Å². The van der Waals surface area contributed by atoms with Gasteiger partial charge in [0.25, 0.3) is 5.91 Å². The Morgan fingerprint density at radius 3 is 2.48 bits per heavy atom. The number of nitrogens with zero attached hydrogens (tertiary/aromatic N) is 3. The Labute approximate surface area is 162 Å². The minimum absolute atomic E-state index is 0.129. The van der Waals surface area contributed by atoms with Gasteiger partial charge in [0.15, 0.2) is 0 Å². The van der Waals surface area contributed by atoms with Gasteiger partial charge in [0, 0.05) is 44.3 Å². The number of piperidine rings is 1. The number of hydrogen-bond donors (Lipinski definition) is 1. The van der Waals surface area contributed by atoms with E-state index in [1.54, 1.807) is 6.20 Å². The molecule has 1 aromatic carbocycles. The van der Waals surface area contributed by atoms with Gasteiger partial charge in [0.2, 0.25) is 0 Å². The van der Waals surface area contributed by atoms with E-state index in [1.807, 2.05) is 31.3 Å². The Bertz CT molecular complexity index is 721. The van der Waals surface area contributed by atoms with Crippen LogP contribution in [0.15, 0.2) is 42.6 Å². The molecule has 1 amide bonds. The maximum Gasteiger partial charge on any atom is 0.257 e. The van der Waals surface area contributed by atoms with Crippen molar-refractivity contribution >= 4 is 23.1 Å². The maximum atomic E-state index is 12.5. The highest BCUT2D eigenvalue weighted by atomic mass is 16.1. The Morgan fingerprint density at radius 2 is 1.85 bits per heavy atom. The molecule has 0 unspecified atom stereocenters. The molecular formula is C22H30N4O. The Hall–Kier alpha value is -2.56. The van der Waals surface area contributed by atoms with Crippen molar-refractivity contribution in [3.05, 3.63) is 48.2 Å². The fraction of sp³-hybridized carbons (Fsp3) is 0.455. The number of rotatable bonds is 7. The summed E-state index contributed by atoms with van der Waals surface area (Å²) in [7, 11) is 2.03. The number of aromatic nitrogens is 1. The molecule has 144 valence electrons. The summed E-state index contributed by atoms with van der Waals surface area (Å²) in [6.07, 6.45) is 7.78. The molecule has 0 saturated carbocycles. The SMILES string of the molecule is CCCCN(C)c1ccc(C(=O)Nc2ccc(N3CCCCC3)cc2)cn1. The van der Waals surface area contributed by atoms with Crippen LogP contribution >= 0.6 is 0 Å². The van der Waals surface area contributed by atoms with Crippen molar-refractivity contribution in [1.82, 2.24) is 4.98 Å². The quantitative estimate of drug-likeness (QED) is 0.780. The zero-order valence-corrected chi connectivity index (χ0v) is 16.4.